The second-order valence-corrected chi connectivity index (χ2v) is 6.48. The van der Waals surface area contributed by atoms with Crippen molar-refractivity contribution in [1.29, 1.82) is 0 Å². The Balaban J connectivity index is 2.53. The van der Waals surface area contributed by atoms with Crippen molar-refractivity contribution in [2.24, 2.45) is 17.1 Å². The second kappa shape index (κ2) is 5.03. The van der Waals surface area contributed by atoms with Gasteiger partial charge in [-0.2, -0.15) is 0 Å². The number of nitrogens with two attached hydrogens (primary N) is 1. The number of nitrogens with zero attached hydrogens (tertiary/aromatic N) is 2. The van der Waals surface area contributed by atoms with E-state index in [2.05, 4.69) is 51.6 Å². The first kappa shape index (κ1) is 13.9. The standard InChI is InChI=1S/C13H29N3/c1-10-7-16(8-12(10)15(5)6)9-13(3,4)11(2)14/h10-12H,7-9,14H2,1-6H3. The Bertz CT molecular complexity index is 223. The van der Waals surface area contributed by atoms with E-state index in [0.717, 1.165) is 12.5 Å². The molecule has 1 aliphatic rings. The Kier molecular flexibility index (Phi) is 4.38. The molecule has 1 saturated heterocycles. The number of rotatable bonds is 4. The maximum Gasteiger partial charge on any atom is 0.0254 e. The van der Waals surface area contributed by atoms with Gasteiger partial charge in [0.05, 0.1) is 0 Å². The van der Waals surface area contributed by atoms with Crippen LogP contribution < -0.4 is 5.73 Å². The molecule has 0 aromatic heterocycles. The highest BCUT2D eigenvalue weighted by molar-refractivity contribution is 4.90. The predicted octanol–water partition coefficient (Wildman–Crippen LogP) is 1.24. The van der Waals surface area contributed by atoms with Gasteiger partial charge in [-0.25, -0.2) is 0 Å². The third-order valence-corrected chi connectivity index (χ3v) is 4.18. The zero-order valence-electron chi connectivity index (χ0n) is 11.8. The van der Waals surface area contributed by atoms with Crippen molar-refractivity contribution in [2.45, 2.75) is 39.8 Å². The van der Waals surface area contributed by atoms with Crippen LogP contribution in [-0.4, -0.2) is 55.6 Å². The van der Waals surface area contributed by atoms with E-state index in [0.29, 0.717) is 6.04 Å². The highest BCUT2D eigenvalue weighted by Crippen LogP contribution is 2.26. The van der Waals surface area contributed by atoms with Gasteiger partial charge in [-0.1, -0.05) is 20.8 Å². The molecule has 3 unspecified atom stereocenters. The monoisotopic (exact) mass is 227 g/mol. The Morgan fingerprint density at radius 2 is 1.94 bits per heavy atom. The van der Waals surface area contributed by atoms with Gasteiger partial charge < -0.3 is 15.5 Å². The molecular weight excluding hydrogens is 198 g/mol. The second-order valence-electron chi connectivity index (χ2n) is 6.48. The lowest BCUT2D eigenvalue weighted by molar-refractivity contribution is 0.172. The molecule has 1 aliphatic heterocycles. The smallest absolute Gasteiger partial charge is 0.0254 e. The lowest BCUT2D eigenvalue weighted by Crippen LogP contribution is -2.44. The molecule has 2 N–H and O–H groups in total. The van der Waals surface area contributed by atoms with Crippen molar-refractivity contribution >= 4 is 0 Å². The summed E-state index contributed by atoms with van der Waals surface area (Å²) in [5.74, 6) is 0.763. The molecule has 0 bridgehead atoms. The molecule has 1 fully saturated rings. The molecule has 0 amide bonds. The van der Waals surface area contributed by atoms with Gasteiger partial charge >= 0.3 is 0 Å². The van der Waals surface area contributed by atoms with Gasteiger partial charge in [0.25, 0.3) is 0 Å². The van der Waals surface area contributed by atoms with Crippen molar-refractivity contribution < 1.29 is 0 Å². The summed E-state index contributed by atoms with van der Waals surface area (Å²) >= 11 is 0. The van der Waals surface area contributed by atoms with E-state index < -0.39 is 0 Å². The molecule has 3 nitrogen and oxygen atoms in total. The van der Waals surface area contributed by atoms with Crippen LogP contribution in [0, 0.1) is 11.3 Å². The molecule has 0 radical (unpaired) electrons. The quantitative estimate of drug-likeness (QED) is 0.784. The van der Waals surface area contributed by atoms with Gasteiger partial charge in [-0.3, -0.25) is 0 Å². The summed E-state index contributed by atoms with van der Waals surface area (Å²) in [6.07, 6.45) is 0. The van der Waals surface area contributed by atoms with Gasteiger partial charge in [-0.05, 0) is 32.4 Å². The third-order valence-electron chi connectivity index (χ3n) is 4.18. The van der Waals surface area contributed by atoms with Crippen LogP contribution >= 0.6 is 0 Å². The molecule has 3 atom stereocenters. The summed E-state index contributed by atoms with van der Waals surface area (Å²) in [7, 11) is 4.36. The van der Waals surface area contributed by atoms with Crippen molar-refractivity contribution in [2.75, 3.05) is 33.7 Å². The molecule has 0 spiro atoms. The van der Waals surface area contributed by atoms with Gasteiger partial charge in [0.2, 0.25) is 0 Å². The summed E-state index contributed by atoms with van der Waals surface area (Å²) in [5, 5.41) is 0. The first-order valence-electron chi connectivity index (χ1n) is 6.38. The number of likely N-dealkylation sites (tertiary alicyclic amines) is 1. The van der Waals surface area contributed by atoms with Crippen molar-refractivity contribution in [3.63, 3.8) is 0 Å². The topological polar surface area (TPSA) is 32.5 Å². The maximum absolute atomic E-state index is 6.04. The average Bonchev–Trinajstić information content (AvgIpc) is 2.45. The summed E-state index contributed by atoms with van der Waals surface area (Å²) in [4.78, 5) is 4.92. The van der Waals surface area contributed by atoms with Crippen LogP contribution in [0.5, 0.6) is 0 Å². The fourth-order valence-electron chi connectivity index (χ4n) is 2.57. The Labute approximate surface area is 101 Å². The molecule has 3 heteroatoms. The first-order valence-corrected chi connectivity index (χ1v) is 6.38. The summed E-state index contributed by atoms with van der Waals surface area (Å²) < 4.78 is 0. The molecule has 96 valence electrons. The fraction of sp³-hybridized carbons (Fsp3) is 1.00. The molecule has 0 aliphatic carbocycles. The van der Waals surface area contributed by atoms with Crippen LogP contribution in [0.25, 0.3) is 0 Å². The van der Waals surface area contributed by atoms with Crippen molar-refractivity contribution in [1.82, 2.24) is 9.80 Å². The van der Waals surface area contributed by atoms with Crippen LogP contribution in [0.1, 0.15) is 27.7 Å². The van der Waals surface area contributed by atoms with Crippen LogP contribution in [0.3, 0.4) is 0 Å². The minimum atomic E-state index is 0.209. The molecule has 16 heavy (non-hydrogen) atoms. The van der Waals surface area contributed by atoms with E-state index in [-0.39, 0.29) is 11.5 Å². The highest BCUT2D eigenvalue weighted by Gasteiger charge is 2.34. The zero-order chi connectivity index (χ0) is 12.5. The van der Waals surface area contributed by atoms with Crippen molar-refractivity contribution in [3.05, 3.63) is 0 Å². The lowest BCUT2D eigenvalue weighted by atomic mass is 9.85. The number of hydrogen-bond donors (Lipinski definition) is 1. The summed E-state index contributed by atoms with van der Waals surface area (Å²) in [6.45, 7) is 12.5. The van der Waals surface area contributed by atoms with Gasteiger partial charge in [-0.15, -0.1) is 0 Å². The van der Waals surface area contributed by atoms with Crippen LogP contribution in [0.15, 0.2) is 0 Å². The van der Waals surface area contributed by atoms with Gasteiger partial charge in [0.15, 0.2) is 0 Å². The lowest BCUT2D eigenvalue weighted by Gasteiger charge is -2.33. The molecule has 0 aromatic carbocycles. The van der Waals surface area contributed by atoms with Crippen molar-refractivity contribution in [3.8, 4) is 0 Å². The Hall–Kier alpha value is -0.120. The van der Waals surface area contributed by atoms with E-state index in [1.807, 2.05) is 0 Å². The largest absolute Gasteiger partial charge is 0.327 e. The fourth-order valence-corrected chi connectivity index (χ4v) is 2.57. The van der Waals surface area contributed by atoms with Gasteiger partial charge in [0.1, 0.15) is 0 Å². The van der Waals surface area contributed by atoms with Crippen LogP contribution in [-0.2, 0) is 0 Å². The minimum Gasteiger partial charge on any atom is -0.327 e. The molecule has 1 rings (SSSR count). The maximum atomic E-state index is 6.04. The van der Waals surface area contributed by atoms with E-state index in [1.165, 1.54) is 13.1 Å². The SMILES string of the molecule is CC1CN(CC(C)(C)C(C)N)CC1N(C)C. The van der Waals surface area contributed by atoms with Gasteiger partial charge in [0, 0.05) is 31.7 Å². The van der Waals surface area contributed by atoms with Crippen LogP contribution in [0.2, 0.25) is 0 Å². The van der Waals surface area contributed by atoms with E-state index in [1.54, 1.807) is 0 Å². The number of likely N-dealkylation sites (N-methyl/N-ethyl adjacent to an activating group) is 1. The third kappa shape index (κ3) is 3.19. The van der Waals surface area contributed by atoms with E-state index in [9.17, 15) is 0 Å². The molecular formula is C13H29N3. The predicted molar refractivity (Wildman–Crippen MR) is 70.5 cm³/mol. The zero-order valence-corrected chi connectivity index (χ0v) is 11.8. The summed E-state index contributed by atoms with van der Waals surface area (Å²) in [5.41, 5.74) is 6.25. The Morgan fingerprint density at radius 1 is 1.38 bits per heavy atom. The number of hydrogen-bond acceptors (Lipinski definition) is 3. The average molecular weight is 227 g/mol. The Morgan fingerprint density at radius 3 is 2.31 bits per heavy atom. The highest BCUT2D eigenvalue weighted by atomic mass is 15.2. The normalized spacial score (nSPS) is 30.0. The molecule has 0 saturated carbocycles. The first-order chi connectivity index (χ1) is 7.24. The van der Waals surface area contributed by atoms with Crippen LogP contribution in [0.4, 0.5) is 0 Å². The molecule has 1 heterocycles. The minimum absolute atomic E-state index is 0.209. The molecule has 0 aromatic rings. The van der Waals surface area contributed by atoms with E-state index in [4.69, 9.17) is 5.73 Å². The summed E-state index contributed by atoms with van der Waals surface area (Å²) in [6, 6.07) is 0.949. The van der Waals surface area contributed by atoms with E-state index >= 15 is 0 Å².